The van der Waals surface area contributed by atoms with E-state index in [-0.39, 0.29) is 5.69 Å². The summed E-state index contributed by atoms with van der Waals surface area (Å²) in [7, 11) is 0. The lowest BCUT2D eigenvalue weighted by Crippen LogP contribution is -2.46. The molecule has 1 aromatic heterocycles. The topological polar surface area (TPSA) is 24.9 Å². The Hall–Kier alpha value is -1.10. The van der Waals surface area contributed by atoms with Gasteiger partial charge in [0.05, 0.1) is 11.9 Å². The van der Waals surface area contributed by atoms with Crippen molar-refractivity contribution in [2.24, 2.45) is 0 Å². The van der Waals surface area contributed by atoms with E-state index in [1.807, 2.05) is 6.92 Å². The van der Waals surface area contributed by atoms with Crippen LogP contribution in [0.5, 0.6) is 0 Å². The molecule has 0 aliphatic rings. The Balaban J connectivity index is 2.96. The molecule has 1 N–H and O–H groups in total. The van der Waals surface area contributed by atoms with Gasteiger partial charge in [0, 0.05) is 0 Å². The van der Waals surface area contributed by atoms with Crippen molar-refractivity contribution >= 4 is 0 Å². The first-order chi connectivity index (χ1) is 7.50. The van der Waals surface area contributed by atoms with Gasteiger partial charge in [-0.3, -0.25) is 4.98 Å². The number of aromatic nitrogens is 1. The van der Waals surface area contributed by atoms with Gasteiger partial charge in [0.25, 0.3) is 6.43 Å². The van der Waals surface area contributed by atoms with Crippen LogP contribution in [-0.2, 0) is 5.54 Å². The number of hydrogen-bond acceptors (Lipinski definition) is 2. The molecule has 1 rings (SSSR count). The minimum Gasteiger partial charge on any atom is -0.302 e. The summed E-state index contributed by atoms with van der Waals surface area (Å²) < 4.78 is 38.7. The van der Waals surface area contributed by atoms with Gasteiger partial charge in [0.1, 0.15) is 11.4 Å². The molecule has 0 bridgehead atoms. The lowest BCUT2D eigenvalue weighted by Gasteiger charge is -2.29. The zero-order valence-corrected chi connectivity index (χ0v) is 9.30. The van der Waals surface area contributed by atoms with Crippen molar-refractivity contribution in [3.05, 3.63) is 29.8 Å². The number of alkyl halides is 2. The van der Waals surface area contributed by atoms with E-state index in [1.54, 1.807) is 0 Å². The summed E-state index contributed by atoms with van der Waals surface area (Å²) in [5.74, 6) is -0.532. The molecule has 0 saturated heterocycles. The van der Waals surface area contributed by atoms with Crippen molar-refractivity contribution < 1.29 is 13.2 Å². The summed E-state index contributed by atoms with van der Waals surface area (Å²) in [4.78, 5) is 3.71. The van der Waals surface area contributed by atoms with Gasteiger partial charge < -0.3 is 5.32 Å². The van der Waals surface area contributed by atoms with Gasteiger partial charge in [-0.2, -0.15) is 0 Å². The lowest BCUT2D eigenvalue weighted by atomic mass is 9.97. The highest BCUT2D eigenvalue weighted by Gasteiger charge is 2.37. The molecule has 1 unspecified atom stereocenters. The molecule has 16 heavy (non-hydrogen) atoms. The molecule has 2 nitrogen and oxygen atoms in total. The number of nitrogens with one attached hydrogen (secondary N) is 1. The maximum Gasteiger partial charge on any atom is 0.261 e. The van der Waals surface area contributed by atoms with E-state index in [0.29, 0.717) is 6.54 Å². The van der Waals surface area contributed by atoms with Gasteiger partial charge in [-0.05, 0) is 32.0 Å². The van der Waals surface area contributed by atoms with Crippen molar-refractivity contribution in [3.63, 3.8) is 0 Å². The summed E-state index contributed by atoms with van der Waals surface area (Å²) in [5, 5.41) is 2.75. The second kappa shape index (κ2) is 5.30. The van der Waals surface area contributed by atoms with E-state index in [0.717, 1.165) is 18.7 Å². The largest absolute Gasteiger partial charge is 0.302 e. The monoisotopic (exact) mass is 232 g/mol. The van der Waals surface area contributed by atoms with Crippen LogP contribution in [-0.4, -0.2) is 18.0 Å². The van der Waals surface area contributed by atoms with E-state index >= 15 is 0 Å². The van der Waals surface area contributed by atoms with E-state index in [1.165, 1.54) is 13.0 Å². The third-order valence-corrected chi connectivity index (χ3v) is 2.44. The molecule has 1 atom stereocenters. The molecule has 1 heterocycles. The second-order valence-electron chi connectivity index (χ2n) is 3.79. The average molecular weight is 232 g/mol. The molecular weight excluding hydrogens is 217 g/mol. The van der Waals surface area contributed by atoms with E-state index in [4.69, 9.17) is 0 Å². The minimum absolute atomic E-state index is 0.150. The van der Waals surface area contributed by atoms with Gasteiger partial charge in [0.15, 0.2) is 0 Å². The van der Waals surface area contributed by atoms with E-state index in [9.17, 15) is 13.2 Å². The van der Waals surface area contributed by atoms with Gasteiger partial charge >= 0.3 is 0 Å². The van der Waals surface area contributed by atoms with Crippen LogP contribution in [0.15, 0.2) is 18.3 Å². The van der Waals surface area contributed by atoms with Gasteiger partial charge in [-0.15, -0.1) is 0 Å². The van der Waals surface area contributed by atoms with Crippen LogP contribution in [0.25, 0.3) is 0 Å². The van der Waals surface area contributed by atoms with Crippen molar-refractivity contribution in [1.82, 2.24) is 10.3 Å². The zero-order chi connectivity index (χ0) is 12.2. The van der Waals surface area contributed by atoms with E-state index in [2.05, 4.69) is 10.3 Å². The molecule has 0 fully saturated rings. The Morgan fingerprint density at radius 3 is 2.56 bits per heavy atom. The predicted molar refractivity (Wildman–Crippen MR) is 55.8 cm³/mol. The van der Waals surface area contributed by atoms with Crippen LogP contribution in [0.4, 0.5) is 13.2 Å². The molecule has 0 amide bonds. The molecule has 0 aromatic carbocycles. The summed E-state index contributed by atoms with van der Waals surface area (Å²) >= 11 is 0. The number of halogens is 3. The molecule has 0 aliphatic heterocycles. The minimum atomic E-state index is -2.60. The SMILES string of the molecule is CCCNC(C)(c1ccc(F)cn1)C(F)F. The first kappa shape index (κ1) is 13.0. The molecule has 0 saturated carbocycles. The smallest absolute Gasteiger partial charge is 0.261 e. The highest BCUT2D eigenvalue weighted by atomic mass is 19.3. The maximum atomic E-state index is 13.0. The number of hydrogen-bond donors (Lipinski definition) is 1. The van der Waals surface area contributed by atoms with Crippen LogP contribution in [0, 0.1) is 5.82 Å². The van der Waals surface area contributed by atoms with Crippen molar-refractivity contribution in [2.45, 2.75) is 32.2 Å². The fourth-order valence-electron chi connectivity index (χ4n) is 1.35. The molecule has 0 radical (unpaired) electrons. The van der Waals surface area contributed by atoms with Crippen LogP contribution in [0.3, 0.4) is 0 Å². The molecule has 0 aliphatic carbocycles. The summed E-state index contributed by atoms with van der Waals surface area (Å²) in [6.07, 6.45) is -0.912. The standard InChI is InChI=1S/C11H15F3N2/c1-3-6-16-11(2,10(13)14)9-5-4-8(12)7-15-9/h4-5,7,10,16H,3,6H2,1-2H3. The first-order valence-corrected chi connectivity index (χ1v) is 5.16. The van der Waals surface area contributed by atoms with Crippen molar-refractivity contribution in [2.75, 3.05) is 6.54 Å². The zero-order valence-electron chi connectivity index (χ0n) is 9.30. The summed E-state index contributed by atoms with van der Waals surface area (Å²) in [5.41, 5.74) is -1.37. The Bertz CT molecular complexity index is 327. The Morgan fingerprint density at radius 1 is 1.44 bits per heavy atom. The van der Waals surface area contributed by atoms with Crippen LogP contribution in [0.2, 0.25) is 0 Å². The summed E-state index contributed by atoms with van der Waals surface area (Å²) in [6.45, 7) is 3.71. The number of pyridine rings is 1. The first-order valence-electron chi connectivity index (χ1n) is 5.16. The highest BCUT2D eigenvalue weighted by molar-refractivity contribution is 5.16. The normalized spacial score (nSPS) is 15.1. The van der Waals surface area contributed by atoms with E-state index < -0.39 is 17.8 Å². The fourth-order valence-corrected chi connectivity index (χ4v) is 1.35. The Labute approximate surface area is 92.9 Å². The predicted octanol–water partition coefficient (Wildman–Crippen LogP) is 2.70. The number of rotatable bonds is 5. The van der Waals surface area contributed by atoms with Crippen molar-refractivity contribution in [3.8, 4) is 0 Å². The average Bonchev–Trinajstić information content (AvgIpc) is 2.26. The quantitative estimate of drug-likeness (QED) is 0.844. The Morgan fingerprint density at radius 2 is 2.12 bits per heavy atom. The van der Waals surface area contributed by atoms with Crippen LogP contribution in [0.1, 0.15) is 26.0 Å². The summed E-state index contributed by atoms with van der Waals surface area (Å²) in [6, 6.07) is 2.42. The van der Waals surface area contributed by atoms with Gasteiger partial charge in [-0.25, -0.2) is 13.2 Å². The molecule has 1 aromatic rings. The molecule has 5 heteroatoms. The molecular formula is C11H15F3N2. The van der Waals surface area contributed by atoms with Gasteiger partial charge in [0.2, 0.25) is 0 Å². The fraction of sp³-hybridized carbons (Fsp3) is 0.545. The van der Waals surface area contributed by atoms with Crippen LogP contribution >= 0.6 is 0 Å². The molecule has 90 valence electrons. The highest BCUT2D eigenvalue weighted by Crippen LogP contribution is 2.26. The second-order valence-corrected chi connectivity index (χ2v) is 3.79. The third kappa shape index (κ3) is 2.72. The third-order valence-electron chi connectivity index (χ3n) is 2.44. The lowest BCUT2D eigenvalue weighted by molar-refractivity contribution is 0.0359. The van der Waals surface area contributed by atoms with Crippen molar-refractivity contribution in [1.29, 1.82) is 0 Å². The maximum absolute atomic E-state index is 13.0. The molecule has 0 spiro atoms. The number of nitrogens with zero attached hydrogens (tertiary/aromatic N) is 1. The van der Waals surface area contributed by atoms with Gasteiger partial charge in [-0.1, -0.05) is 6.92 Å². The Kier molecular flexibility index (Phi) is 4.29. The van der Waals surface area contributed by atoms with Crippen LogP contribution < -0.4 is 5.32 Å².